The highest BCUT2D eigenvalue weighted by atomic mass is 32.1. The third-order valence-corrected chi connectivity index (χ3v) is 5.86. The van der Waals surface area contributed by atoms with Crippen LogP contribution in [0.3, 0.4) is 0 Å². The maximum atomic E-state index is 12.5. The first-order valence-corrected chi connectivity index (χ1v) is 11.3. The van der Waals surface area contributed by atoms with Crippen molar-refractivity contribution in [3.63, 3.8) is 0 Å². The van der Waals surface area contributed by atoms with E-state index in [2.05, 4.69) is 15.6 Å². The van der Waals surface area contributed by atoms with Crippen molar-refractivity contribution in [3.8, 4) is 0 Å². The third kappa shape index (κ3) is 6.32. The summed E-state index contributed by atoms with van der Waals surface area (Å²) in [4.78, 5) is 54.1. The molecule has 3 rings (SSSR count). The number of likely N-dealkylation sites (N-methyl/N-ethyl adjacent to an activating group) is 1. The Morgan fingerprint density at radius 2 is 1.91 bits per heavy atom. The number of amides is 3. The fraction of sp³-hybridized carbons (Fsp3) is 0.273. The first-order valence-electron chi connectivity index (χ1n) is 10.4. The lowest BCUT2D eigenvalue weighted by atomic mass is 10.2. The second-order valence-electron chi connectivity index (χ2n) is 7.21. The predicted octanol–water partition coefficient (Wildman–Crippen LogP) is 1.12. The molecular weight excluding hydrogens is 444 g/mol. The van der Waals surface area contributed by atoms with Gasteiger partial charge in [0.05, 0.1) is 13.1 Å². The number of aromatic nitrogens is 2. The lowest BCUT2D eigenvalue weighted by molar-refractivity contribution is -0.118. The molecular formula is C22H26N6O4S. The van der Waals surface area contributed by atoms with E-state index in [1.165, 1.54) is 9.47 Å². The topological polar surface area (TPSA) is 142 Å². The minimum absolute atomic E-state index is 0.00119. The van der Waals surface area contributed by atoms with Gasteiger partial charge in [0.2, 0.25) is 5.91 Å². The van der Waals surface area contributed by atoms with Crippen LogP contribution in [0.15, 0.2) is 57.4 Å². The first kappa shape index (κ1) is 23.8. The molecule has 0 aliphatic carbocycles. The van der Waals surface area contributed by atoms with E-state index in [1.54, 1.807) is 18.3 Å². The fourth-order valence-electron chi connectivity index (χ4n) is 3.29. The number of imide groups is 1. The summed E-state index contributed by atoms with van der Waals surface area (Å²) >= 11 is 1.59. The summed E-state index contributed by atoms with van der Waals surface area (Å²) in [5.41, 5.74) is 5.67. The molecule has 0 aliphatic heterocycles. The van der Waals surface area contributed by atoms with Crippen molar-refractivity contribution in [2.24, 2.45) is 0 Å². The average Bonchev–Trinajstić information content (AvgIpc) is 3.30. The Hall–Kier alpha value is -3.86. The minimum atomic E-state index is -0.697. The highest BCUT2D eigenvalue weighted by Crippen LogP contribution is 2.17. The van der Waals surface area contributed by atoms with Crippen LogP contribution >= 0.6 is 11.3 Å². The number of aromatic amines is 1. The number of carbonyl (C=O) groups is 2. The molecule has 33 heavy (non-hydrogen) atoms. The highest BCUT2D eigenvalue weighted by molar-refractivity contribution is 7.09. The molecule has 0 spiro atoms. The van der Waals surface area contributed by atoms with E-state index < -0.39 is 23.2 Å². The summed E-state index contributed by atoms with van der Waals surface area (Å²) in [6.45, 7) is 2.25. The Kier molecular flexibility index (Phi) is 8.03. The number of rotatable bonds is 9. The number of hydrogen-bond acceptors (Lipinski definition) is 7. The predicted molar refractivity (Wildman–Crippen MR) is 129 cm³/mol. The molecule has 0 unspecified atom stereocenters. The van der Waals surface area contributed by atoms with E-state index in [0.29, 0.717) is 13.0 Å². The molecule has 2 aromatic heterocycles. The number of nitrogens with one attached hydrogen (secondary N) is 3. The Labute approximate surface area is 194 Å². The third-order valence-electron chi connectivity index (χ3n) is 4.92. The van der Waals surface area contributed by atoms with E-state index in [0.717, 1.165) is 10.4 Å². The van der Waals surface area contributed by atoms with Gasteiger partial charge in [0.1, 0.15) is 11.5 Å². The van der Waals surface area contributed by atoms with Crippen molar-refractivity contribution in [1.82, 2.24) is 20.2 Å². The lowest BCUT2D eigenvalue weighted by Crippen LogP contribution is -2.47. The van der Waals surface area contributed by atoms with Gasteiger partial charge in [-0.2, -0.15) is 0 Å². The van der Waals surface area contributed by atoms with Crippen molar-refractivity contribution in [3.05, 3.63) is 79.1 Å². The zero-order valence-corrected chi connectivity index (χ0v) is 19.0. The first-order chi connectivity index (χ1) is 15.9. The summed E-state index contributed by atoms with van der Waals surface area (Å²) in [6.07, 6.45) is 0.662. The molecule has 0 radical (unpaired) electrons. The Morgan fingerprint density at radius 1 is 1.15 bits per heavy atom. The van der Waals surface area contributed by atoms with Crippen molar-refractivity contribution in [2.75, 3.05) is 30.3 Å². The van der Waals surface area contributed by atoms with Gasteiger partial charge < -0.3 is 16.0 Å². The summed E-state index contributed by atoms with van der Waals surface area (Å²) in [5, 5.41) is 6.83. The smallest absolute Gasteiger partial charge is 0.330 e. The fourth-order valence-corrected chi connectivity index (χ4v) is 4.00. The molecule has 3 aromatic rings. The largest absolute Gasteiger partial charge is 0.383 e. The molecule has 10 nitrogen and oxygen atoms in total. The molecule has 5 N–H and O–H groups in total. The summed E-state index contributed by atoms with van der Waals surface area (Å²) in [5.74, 6) is -0.660. The monoisotopic (exact) mass is 470 g/mol. The number of benzene rings is 1. The molecule has 0 bridgehead atoms. The highest BCUT2D eigenvalue weighted by Gasteiger charge is 2.21. The van der Waals surface area contributed by atoms with Gasteiger partial charge in [-0.05, 0) is 30.4 Å². The van der Waals surface area contributed by atoms with Crippen LogP contribution in [-0.2, 0) is 17.8 Å². The van der Waals surface area contributed by atoms with Crippen molar-refractivity contribution in [2.45, 2.75) is 19.9 Å². The molecule has 0 aliphatic rings. The number of hydrogen-bond donors (Lipinski definition) is 4. The van der Waals surface area contributed by atoms with E-state index in [9.17, 15) is 19.2 Å². The molecule has 2 heterocycles. The number of thiophene rings is 1. The van der Waals surface area contributed by atoms with Crippen LogP contribution in [0.4, 0.5) is 16.3 Å². The molecule has 3 amide bonds. The van der Waals surface area contributed by atoms with Crippen molar-refractivity contribution >= 4 is 34.8 Å². The molecule has 1 aromatic carbocycles. The van der Waals surface area contributed by atoms with Crippen LogP contribution < -0.4 is 32.5 Å². The van der Waals surface area contributed by atoms with Gasteiger partial charge in [0.25, 0.3) is 5.56 Å². The normalized spacial score (nSPS) is 10.6. The van der Waals surface area contributed by atoms with E-state index >= 15 is 0 Å². The molecule has 174 valence electrons. The van der Waals surface area contributed by atoms with Crippen LogP contribution in [-0.4, -0.2) is 41.1 Å². The standard InChI is InChI=1S/C22H26N6O4S/c1-2-27(14-17(29)25-21(31)24-11-10-16-9-6-12-33-16)18-19(23)28(22(32)26-20(18)30)13-15-7-4-3-5-8-15/h3-9,12H,2,10-11,13-14,23H2,1H3,(H,26,30,32)(H2,24,25,29,31). The minimum Gasteiger partial charge on any atom is -0.383 e. The number of H-pyrrole nitrogens is 1. The maximum absolute atomic E-state index is 12.5. The van der Waals surface area contributed by atoms with Crippen molar-refractivity contribution in [1.29, 1.82) is 0 Å². The zero-order chi connectivity index (χ0) is 23.8. The van der Waals surface area contributed by atoms with Gasteiger partial charge in [-0.1, -0.05) is 36.4 Å². The second-order valence-corrected chi connectivity index (χ2v) is 8.24. The van der Waals surface area contributed by atoms with Gasteiger partial charge in [-0.3, -0.25) is 24.5 Å². The Morgan fingerprint density at radius 3 is 2.58 bits per heavy atom. The van der Waals surface area contributed by atoms with Crippen LogP contribution in [0.1, 0.15) is 17.4 Å². The Bertz CT molecular complexity index is 1200. The number of carbonyl (C=O) groups excluding carboxylic acids is 2. The zero-order valence-electron chi connectivity index (χ0n) is 18.2. The SMILES string of the molecule is CCN(CC(=O)NC(=O)NCCc1cccs1)c1c(N)n(Cc2ccccc2)c(=O)[nH]c1=O. The maximum Gasteiger partial charge on any atom is 0.330 e. The van der Waals surface area contributed by atoms with Gasteiger partial charge in [-0.15, -0.1) is 11.3 Å². The molecule has 0 fully saturated rings. The van der Waals surface area contributed by atoms with E-state index in [4.69, 9.17) is 5.73 Å². The van der Waals surface area contributed by atoms with Crippen molar-refractivity contribution < 1.29 is 9.59 Å². The number of urea groups is 1. The number of nitrogens with two attached hydrogens (primary N) is 1. The number of anilines is 2. The van der Waals surface area contributed by atoms with Gasteiger partial charge in [-0.25, -0.2) is 9.59 Å². The quantitative estimate of drug-likeness (QED) is 0.369. The molecule has 0 atom stereocenters. The van der Waals surface area contributed by atoms with Crippen LogP contribution in [0.5, 0.6) is 0 Å². The second kappa shape index (κ2) is 11.1. The van der Waals surface area contributed by atoms with Crippen LogP contribution in [0.2, 0.25) is 0 Å². The van der Waals surface area contributed by atoms with E-state index in [1.807, 2.05) is 47.8 Å². The van der Waals surface area contributed by atoms with Gasteiger partial charge in [0, 0.05) is 18.0 Å². The Balaban J connectivity index is 1.68. The van der Waals surface area contributed by atoms with E-state index in [-0.39, 0.29) is 31.1 Å². The van der Waals surface area contributed by atoms with Gasteiger partial charge in [0.15, 0.2) is 0 Å². The summed E-state index contributed by atoms with van der Waals surface area (Å²) in [7, 11) is 0. The molecule has 0 saturated heterocycles. The molecule has 0 saturated carbocycles. The van der Waals surface area contributed by atoms with Crippen LogP contribution in [0, 0.1) is 0 Å². The lowest BCUT2D eigenvalue weighted by Gasteiger charge is -2.24. The molecule has 11 heteroatoms. The van der Waals surface area contributed by atoms with Crippen LogP contribution in [0.25, 0.3) is 0 Å². The average molecular weight is 471 g/mol. The number of nitrogen functional groups attached to an aromatic ring is 1. The number of nitrogens with zero attached hydrogens (tertiary/aromatic N) is 2. The summed E-state index contributed by atoms with van der Waals surface area (Å²) < 4.78 is 1.24. The van der Waals surface area contributed by atoms with Gasteiger partial charge >= 0.3 is 11.7 Å². The summed E-state index contributed by atoms with van der Waals surface area (Å²) in [6, 6.07) is 12.5.